The van der Waals surface area contributed by atoms with E-state index >= 15 is 0 Å². The molecule has 0 radical (unpaired) electrons. The van der Waals surface area contributed by atoms with Crippen LogP contribution in [0.5, 0.6) is 0 Å². The average molecular weight is 354 g/mol. The molecule has 3 rings (SSSR count). The highest BCUT2D eigenvalue weighted by atomic mass is 32.1. The summed E-state index contributed by atoms with van der Waals surface area (Å²) in [6.07, 6.45) is 1.66. The maximum atomic E-state index is 12.6. The molecule has 5 heteroatoms. The highest BCUT2D eigenvalue weighted by molar-refractivity contribution is 7.09. The SMILES string of the molecule is Cc1cccc(NC(=O)CN(Cc2ccco2)Cc2cccs2)c1C. The van der Waals surface area contributed by atoms with Crippen molar-refractivity contribution in [3.8, 4) is 0 Å². The average Bonchev–Trinajstić information content (AvgIpc) is 3.26. The Labute approximate surface area is 152 Å². The van der Waals surface area contributed by atoms with Gasteiger partial charge in [-0.2, -0.15) is 0 Å². The van der Waals surface area contributed by atoms with Crippen molar-refractivity contribution in [1.29, 1.82) is 0 Å². The van der Waals surface area contributed by atoms with E-state index in [9.17, 15) is 4.79 Å². The maximum Gasteiger partial charge on any atom is 0.238 e. The van der Waals surface area contributed by atoms with Crippen LogP contribution in [0.25, 0.3) is 0 Å². The highest BCUT2D eigenvalue weighted by Crippen LogP contribution is 2.19. The van der Waals surface area contributed by atoms with Crippen molar-refractivity contribution in [2.45, 2.75) is 26.9 Å². The molecular formula is C20H22N2O2S. The Morgan fingerprint density at radius 2 is 2.00 bits per heavy atom. The number of carbonyl (C=O) groups is 1. The molecule has 2 aromatic heterocycles. The smallest absolute Gasteiger partial charge is 0.238 e. The molecule has 0 fully saturated rings. The Bertz CT molecular complexity index is 774. The molecule has 1 N–H and O–H groups in total. The van der Waals surface area contributed by atoms with Crippen molar-refractivity contribution >= 4 is 22.9 Å². The number of hydrogen-bond acceptors (Lipinski definition) is 4. The molecule has 130 valence electrons. The summed E-state index contributed by atoms with van der Waals surface area (Å²) >= 11 is 1.70. The lowest BCUT2D eigenvalue weighted by atomic mass is 10.1. The number of amides is 1. The van der Waals surface area contributed by atoms with Crippen molar-refractivity contribution in [2.75, 3.05) is 11.9 Å². The van der Waals surface area contributed by atoms with Gasteiger partial charge in [-0.15, -0.1) is 11.3 Å². The lowest BCUT2D eigenvalue weighted by molar-refractivity contribution is -0.117. The predicted octanol–water partition coefficient (Wildman–Crippen LogP) is 4.60. The van der Waals surface area contributed by atoms with Crippen LogP contribution in [0.4, 0.5) is 5.69 Å². The summed E-state index contributed by atoms with van der Waals surface area (Å²) in [6, 6.07) is 13.9. The minimum atomic E-state index is -0.0168. The number of nitrogens with zero attached hydrogens (tertiary/aromatic N) is 1. The number of anilines is 1. The molecule has 0 unspecified atom stereocenters. The van der Waals surface area contributed by atoms with Crippen LogP contribution in [0, 0.1) is 13.8 Å². The second-order valence-corrected chi connectivity index (χ2v) is 7.13. The zero-order valence-electron chi connectivity index (χ0n) is 14.5. The number of thiophene rings is 1. The number of furan rings is 1. The van der Waals surface area contributed by atoms with Crippen LogP contribution in [0.15, 0.2) is 58.5 Å². The zero-order chi connectivity index (χ0) is 17.6. The first kappa shape index (κ1) is 17.5. The highest BCUT2D eigenvalue weighted by Gasteiger charge is 2.15. The third-order valence-corrected chi connectivity index (χ3v) is 5.03. The van der Waals surface area contributed by atoms with E-state index in [0.717, 1.165) is 23.6 Å². The topological polar surface area (TPSA) is 45.5 Å². The normalized spacial score (nSPS) is 11.0. The zero-order valence-corrected chi connectivity index (χ0v) is 15.3. The molecule has 0 atom stereocenters. The number of carbonyl (C=O) groups excluding carboxylic acids is 1. The summed E-state index contributed by atoms with van der Waals surface area (Å²) < 4.78 is 5.45. The van der Waals surface area contributed by atoms with E-state index in [4.69, 9.17) is 4.42 Å². The fourth-order valence-corrected chi connectivity index (χ4v) is 3.44. The van der Waals surface area contributed by atoms with Gasteiger partial charge in [0.15, 0.2) is 0 Å². The van der Waals surface area contributed by atoms with Gasteiger partial charge in [-0.05, 0) is 54.6 Å². The Hall–Kier alpha value is -2.37. The van der Waals surface area contributed by atoms with E-state index in [-0.39, 0.29) is 5.91 Å². The van der Waals surface area contributed by atoms with Crippen molar-refractivity contribution in [3.05, 3.63) is 75.9 Å². The molecule has 2 heterocycles. The molecule has 3 aromatic rings. The molecule has 0 saturated carbocycles. The Morgan fingerprint density at radius 3 is 2.72 bits per heavy atom. The maximum absolute atomic E-state index is 12.6. The van der Waals surface area contributed by atoms with Gasteiger partial charge in [0.2, 0.25) is 5.91 Å². The molecule has 0 saturated heterocycles. The first-order valence-corrected chi connectivity index (χ1v) is 9.13. The Kier molecular flexibility index (Phi) is 5.68. The van der Waals surface area contributed by atoms with Gasteiger partial charge < -0.3 is 9.73 Å². The monoisotopic (exact) mass is 354 g/mol. The second-order valence-electron chi connectivity index (χ2n) is 6.10. The van der Waals surface area contributed by atoms with Crippen LogP contribution in [-0.2, 0) is 17.9 Å². The molecule has 0 aliphatic rings. The summed E-state index contributed by atoms with van der Waals surface area (Å²) in [5.41, 5.74) is 3.15. The second kappa shape index (κ2) is 8.14. The van der Waals surface area contributed by atoms with Gasteiger partial charge in [-0.25, -0.2) is 0 Å². The quantitative estimate of drug-likeness (QED) is 0.674. The predicted molar refractivity (Wildman–Crippen MR) is 102 cm³/mol. The van der Waals surface area contributed by atoms with E-state index < -0.39 is 0 Å². The van der Waals surface area contributed by atoms with Crippen LogP contribution in [-0.4, -0.2) is 17.4 Å². The van der Waals surface area contributed by atoms with Crippen molar-refractivity contribution < 1.29 is 9.21 Å². The van der Waals surface area contributed by atoms with Gasteiger partial charge in [-0.3, -0.25) is 9.69 Å². The summed E-state index contributed by atoms with van der Waals surface area (Å²) in [6.45, 7) is 5.71. The van der Waals surface area contributed by atoms with Gasteiger partial charge in [0.05, 0.1) is 19.4 Å². The molecule has 0 spiro atoms. The molecule has 0 bridgehead atoms. The summed E-state index contributed by atoms with van der Waals surface area (Å²) in [5.74, 6) is 0.841. The molecule has 0 aliphatic carbocycles. The molecule has 1 aromatic carbocycles. The molecule has 4 nitrogen and oxygen atoms in total. The van der Waals surface area contributed by atoms with Gasteiger partial charge in [0, 0.05) is 17.1 Å². The van der Waals surface area contributed by atoms with Crippen LogP contribution in [0.1, 0.15) is 21.8 Å². The number of rotatable bonds is 7. The van der Waals surface area contributed by atoms with E-state index in [0.29, 0.717) is 13.1 Å². The number of benzene rings is 1. The molecule has 1 amide bonds. The third kappa shape index (κ3) is 4.81. The van der Waals surface area contributed by atoms with Gasteiger partial charge in [0.25, 0.3) is 0 Å². The summed E-state index contributed by atoms with van der Waals surface area (Å²) in [7, 11) is 0. The minimum Gasteiger partial charge on any atom is -0.468 e. The van der Waals surface area contributed by atoms with E-state index in [2.05, 4.69) is 21.7 Å². The number of hydrogen-bond donors (Lipinski definition) is 1. The van der Waals surface area contributed by atoms with Crippen molar-refractivity contribution in [1.82, 2.24) is 4.90 Å². The van der Waals surface area contributed by atoms with Crippen molar-refractivity contribution in [3.63, 3.8) is 0 Å². The number of aryl methyl sites for hydroxylation is 1. The van der Waals surface area contributed by atoms with Crippen LogP contribution >= 0.6 is 11.3 Å². The van der Waals surface area contributed by atoms with E-state index in [1.54, 1.807) is 17.6 Å². The van der Waals surface area contributed by atoms with Crippen LogP contribution in [0.2, 0.25) is 0 Å². The molecule has 25 heavy (non-hydrogen) atoms. The van der Waals surface area contributed by atoms with Crippen molar-refractivity contribution in [2.24, 2.45) is 0 Å². The van der Waals surface area contributed by atoms with Crippen LogP contribution in [0.3, 0.4) is 0 Å². The van der Waals surface area contributed by atoms with Gasteiger partial charge in [-0.1, -0.05) is 18.2 Å². The van der Waals surface area contributed by atoms with Gasteiger partial charge in [0.1, 0.15) is 5.76 Å². The summed E-state index contributed by atoms with van der Waals surface area (Å²) in [4.78, 5) is 15.9. The van der Waals surface area contributed by atoms with Crippen LogP contribution < -0.4 is 5.32 Å². The van der Waals surface area contributed by atoms with E-state index in [1.807, 2.05) is 50.2 Å². The Balaban J connectivity index is 1.68. The lowest BCUT2D eigenvalue weighted by Gasteiger charge is -2.20. The van der Waals surface area contributed by atoms with E-state index in [1.165, 1.54) is 10.4 Å². The fourth-order valence-electron chi connectivity index (χ4n) is 2.69. The van der Waals surface area contributed by atoms with Gasteiger partial charge >= 0.3 is 0 Å². The largest absolute Gasteiger partial charge is 0.468 e. The summed E-state index contributed by atoms with van der Waals surface area (Å²) in [5, 5.41) is 5.09. The lowest BCUT2D eigenvalue weighted by Crippen LogP contribution is -2.32. The number of nitrogens with one attached hydrogen (secondary N) is 1. The molecular weight excluding hydrogens is 332 g/mol. The first-order valence-electron chi connectivity index (χ1n) is 8.25. The third-order valence-electron chi connectivity index (χ3n) is 4.17. The minimum absolute atomic E-state index is 0.0168. The Morgan fingerprint density at radius 1 is 1.12 bits per heavy atom. The fraction of sp³-hybridized carbons (Fsp3) is 0.250. The first-order chi connectivity index (χ1) is 12.1. The molecule has 0 aliphatic heterocycles. The standard InChI is InChI=1S/C20H22N2O2S/c1-15-6-3-9-19(16(15)2)21-20(23)14-22(12-17-7-4-10-24-17)13-18-8-5-11-25-18/h3-11H,12-14H2,1-2H3,(H,21,23).